The first kappa shape index (κ1) is 15.9. The Morgan fingerprint density at radius 1 is 1.29 bits per heavy atom. The number of halogens is 1. The van der Waals surface area contributed by atoms with Crippen LogP contribution in [0.2, 0.25) is 0 Å². The van der Waals surface area contributed by atoms with Crippen molar-refractivity contribution in [2.24, 2.45) is 0 Å². The number of thioether (sulfide) groups is 1. The van der Waals surface area contributed by atoms with Gasteiger partial charge in [-0.2, -0.15) is 0 Å². The molecule has 0 aliphatic heterocycles. The third-order valence-corrected chi connectivity index (χ3v) is 4.30. The molecule has 0 aromatic heterocycles. The molecular formula is C16H15BrO3S. The first-order chi connectivity index (χ1) is 10.0. The van der Waals surface area contributed by atoms with Gasteiger partial charge in [-0.05, 0) is 42.5 Å². The van der Waals surface area contributed by atoms with Crippen LogP contribution in [0, 0.1) is 6.92 Å². The topological polar surface area (TPSA) is 46.5 Å². The molecule has 1 N–H and O–H groups in total. The molecule has 110 valence electrons. The number of aromatic carboxylic acids is 1. The number of hydrogen-bond acceptors (Lipinski definition) is 3. The van der Waals surface area contributed by atoms with Crippen LogP contribution in [0.3, 0.4) is 0 Å². The number of carbonyl (C=O) groups is 1. The molecule has 0 spiro atoms. The molecular weight excluding hydrogens is 352 g/mol. The molecule has 2 aromatic carbocycles. The largest absolute Gasteiger partial charge is 0.478 e. The minimum Gasteiger partial charge on any atom is -0.478 e. The monoisotopic (exact) mass is 366 g/mol. The van der Waals surface area contributed by atoms with Gasteiger partial charge in [0.25, 0.3) is 0 Å². The molecule has 0 saturated heterocycles. The Kier molecular flexibility index (Phi) is 5.31. The standard InChI is InChI=1S/C16H15BrO3S/c1-3-21-14-6-4-5-12(15(14)16(18)19)20-13-9-11(17)8-7-10(13)2/h4-9H,3H2,1-2H3,(H,18,19). The van der Waals surface area contributed by atoms with Crippen LogP contribution in [0.15, 0.2) is 45.8 Å². The van der Waals surface area contributed by atoms with Gasteiger partial charge in [-0.1, -0.05) is 35.0 Å². The molecule has 0 aliphatic rings. The Morgan fingerprint density at radius 3 is 2.71 bits per heavy atom. The molecule has 0 bridgehead atoms. The lowest BCUT2D eigenvalue weighted by Crippen LogP contribution is -2.03. The van der Waals surface area contributed by atoms with Crippen molar-refractivity contribution in [3.8, 4) is 11.5 Å². The van der Waals surface area contributed by atoms with Gasteiger partial charge < -0.3 is 9.84 Å². The summed E-state index contributed by atoms with van der Waals surface area (Å²) in [4.78, 5) is 12.3. The number of rotatable bonds is 5. The molecule has 0 saturated carbocycles. The van der Waals surface area contributed by atoms with E-state index in [2.05, 4.69) is 15.9 Å². The first-order valence-corrected chi connectivity index (χ1v) is 8.24. The minimum absolute atomic E-state index is 0.212. The highest BCUT2D eigenvalue weighted by molar-refractivity contribution is 9.10. The highest BCUT2D eigenvalue weighted by Gasteiger charge is 2.18. The fourth-order valence-corrected chi connectivity index (χ4v) is 3.04. The van der Waals surface area contributed by atoms with E-state index in [0.29, 0.717) is 11.5 Å². The maximum atomic E-state index is 11.6. The molecule has 0 radical (unpaired) electrons. The second kappa shape index (κ2) is 7.00. The van der Waals surface area contributed by atoms with E-state index in [1.165, 1.54) is 11.8 Å². The summed E-state index contributed by atoms with van der Waals surface area (Å²) in [5.41, 5.74) is 1.16. The Labute approximate surface area is 136 Å². The number of carboxylic acid groups (broad SMARTS) is 1. The van der Waals surface area contributed by atoms with Gasteiger partial charge in [0.1, 0.15) is 17.1 Å². The van der Waals surface area contributed by atoms with Crippen LogP contribution in [-0.2, 0) is 0 Å². The molecule has 0 fully saturated rings. The Bertz CT molecular complexity index is 671. The molecule has 21 heavy (non-hydrogen) atoms. The minimum atomic E-state index is -0.978. The van der Waals surface area contributed by atoms with Gasteiger partial charge in [-0.15, -0.1) is 11.8 Å². The van der Waals surface area contributed by atoms with Gasteiger partial charge in [0, 0.05) is 9.37 Å². The molecule has 2 aromatic rings. The zero-order valence-corrected chi connectivity index (χ0v) is 14.1. The third-order valence-electron chi connectivity index (χ3n) is 2.87. The lowest BCUT2D eigenvalue weighted by molar-refractivity contribution is 0.0690. The molecule has 0 heterocycles. The number of carboxylic acids is 1. The summed E-state index contributed by atoms with van der Waals surface area (Å²) in [5.74, 6) is 0.835. The molecule has 0 aliphatic carbocycles. The number of benzene rings is 2. The maximum absolute atomic E-state index is 11.6. The molecule has 0 amide bonds. The van der Waals surface area contributed by atoms with E-state index < -0.39 is 5.97 Å². The smallest absolute Gasteiger partial charge is 0.340 e. The van der Waals surface area contributed by atoms with Crippen molar-refractivity contribution in [3.63, 3.8) is 0 Å². The van der Waals surface area contributed by atoms with Gasteiger partial charge in [0.05, 0.1) is 0 Å². The van der Waals surface area contributed by atoms with Gasteiger partial charge in [0.2, 0.25) is 0 Å². The van der Waals surface area contributed by atoms with Crippen molar-refractivity contribution in [2.45, 2.75) is 18.7 Å². The molecule has 0 unspecified atom stereocenters. The zero-order valence-electron chi connectivity index (χ0n) is 11.7. The fraction of sp³-hybridized carbons (Fsp3) is 0.188. The van der Waals surface area contributed by atoms with Gasteiger partial charge in [-0.3, -0.25) is 0 Å². The van der Waals surface area contributed by atoms with E-state index in [-0.39, 0.29) is 5.56 Å². The summed E-state index contributed by atoms with van der Waals surface area (Å²) in [6, 6.07) is 11.0. The highest BCUT2D eigenvalue weighted by Crippen LogP contribution is 2.35. The maximum Gasteiger partial charge on any atom is 0.340 e. The SMILES string of the molecule is CCSc1cccc(Oc2cc(Br)ccc2C)c1C(=O)O. The van der Waals surface area contributed by atoms with Crippen molar-refractivity contribution in [1.29, 1.82) is 0 Å². The Balaban J connectivity index is 2.46. The Hall–Kier alpha value is -1.46. The van der Waals surface area contributed by atoms with Crippen LogP contribution >= 0.6 is 27.7 Å². The highest BCUT2D eigenvalue weighted by atomic mass is 79.9. The quantitative estimate of drug-likeness (QED) is 0.723. The normalized spacial score (nSPS) is 10.4. The third kappa shape index (κ3) is 3.80. The summed E-state index contributed by atoms with van der Waals surface area (Å²) < 4.78 is 6.73. The van der Waals surface area contributed by atoms with Crippen molar-refractivity contribution in [2.75, 3.05) is 5.75 Å². The Morgan fingerprint density at radius 2 is 2.05 bits per heavy atom. The van der Waals surface area contributed by atoms with Crippen LogP contribution < -0.4 is 4.74 Å². The van der Waals surface area contributed by atoms with Crippen LogP contribution in [0.1, 0.15) is 22.8 Å². The lowest BCUT2D eigenvalue weighted by atomic mass is 10.2. The van der Waals surface area contributed by atoms with E-state index in [1.807, 2.05) is 38.1 Å². The average molecular weight is 367 g/mol. The average Bonchev–Trinajstić information content (AvgIpc) is 2.43. The second-order valence-electron chi connectivity index (χ2n) is 4.38. The van der Waals surface area contributed by atoms with Crippen molar-refractivity contribution in [3.05, 3.63) is 52.0 Å². The van der Waals surface area contributed by atoms with Gasteiger partial charge in [0.15, 0.2) is 0 Å². The van der Waals surface area contributed by atoms with Crippen molar-refractivity contribution in [1.82, 2.24) is 0 Å². The predicted molar refractivity (Wildman–Crippen MR) is 88.8 cm³/mol. The van der Waals surface area contributed by atoms with Crippen LogP contribution in [0.5, 0.6) is 11.5 Å². The number of hydrogen-bond donors (Lipinski definition) is 1. The first-order valence-electron chi connectivity index (χ1n) is 6.46. The summed E-state index contributed by atoms with van der Waals surface area (Å²) in [7, 11) is 0. The van der Waals surface area contributed by atoms with Crippen LogP contribution in [-0.4, -0.2) is 16.8 Å². The summed E-state index contributed by atoms with van der Waals surface area (Å²) in [5, 5.41) is 9.47. The molecule has 2 rings (SSSR count). The number of ether oxygens (including phenoxy) is 1. The van der Waals surface area contributed by atoms with E-state index in [0.717, 1.165) is 20.7 Å². The molecule has 3 nitrogen and oxygen atoms in total. The van der Waals surface area contributed by atoms with E-state index in [4.69, 9.17) is 4.74 Å². The van der Waals surface area contributed by atoms with Crippen molar-refractivity contribution >= 4 is 33.7 Å². The zero-order chi connectivity index (χ0) is 15.4. The van der Waals surface area contributed by atoms with E-state index >= 15 is 0 Å². The summed E-state index contributed by atoms with van der Waals surface area (Å²) in [6.07, 6.45) is 0. The number of aryl methyl sites for hydroxylation is 1. The summed E-state index contributed by atoms with van der Waals surface area (Å²) in [6.45, 7) is 3.91. The predicted octanol–water partition coefficient (Wildman–Crippen LogP) is 5.36. The second-order valence-corrected chi connectivity index (χ2v) is 6.60. The summed E-state index contributed by atoms with van der Waals surface area (Å²) >= 11 is 4.89. The fourth-order valence-electron chi connectivity index (χ4n) is 1.88. The van der Waals surface area contributed by atoms with Crippen molar-refractivity contribution < 1.29 is 14.6 Å². The van der Waals surface area contributed by atoms with Crippen LogP contribution in [0.4, 0.5) is 0 Å². The molecule has 5 heteroatoms. The lowest BCUT2D eigenvalue weighted by Gasteiger charge is -2.13. The van der Waals surface area contributed by atoms with Gasteiger partial charge >= 0.3 is 5.97 Å². The van der Waals surface area contributed by atoms with Crippen LogP contribution in [0.25, 0.3) is 0 Å². The van der Waals surface area contributed by atoms with Gasteiger partial charge in [-0.25, -0.2) is 4.79 Å². The van der Waals surface area contributed by atoms with E-state index in [1.54, 1.807) is 12.1 Å². The molecule has 0 atom stereocenters. The van der Waals surface area contributed by atoms with E-state index in [9.17, 15) is 9.90 Å².